The number of carbonyl (C=O) groups excluding carboxylic acids is 1. The Morgan fingerprint density at radius 2 is 1.70 bits per heavy atom. The first-order chi connectivity index (χ1) is 15.7. The number of hydrogen-bond donors (Lipinski definition) is 1. The lowest BCUT2D eigenvalue weighted by Gasteiger charge is -2.08. The zero-order chi connectivity index (χ0) is 23.6. The molecule has 33 heavy (non-hydrogen) atoms. The number of hydrogen-bond acceptors (Lipinski definition) is 5. The molecular weight excluding hydrogens is 452 g/mol. The van der Waals surface area contributed by atoms with Crippen molar-refractivity contribution in [3.63, 3.8) is 0 Å². The zero-order valence-corrected chi connectivity index (χ0v) is 18.2. The molecule has 10 heteroatoms. The molecule has 0 radical (unpaired) electrons. The van der Waals surface area contributed by atoms with Crippen molar-refractivity contribution in [1.29, 1.82) is 0 Å². The number of sulfonamides is 1. The molecule has 0 spiro atoms. The summed E-state index contributed by atoms with van der Waals surface area (Å²) < 4.78 is 58.2. The minimum absolute atomic E-state index is 0.00759. The van der Waals surface area contributed by atoms with Crippen LogP contribution < -0.4 is 9.46 Å². The number of nitrogens with zero attached hydrogens (tertiary/aromatic N) is 2. The minimum atomic E-state index is -4.10. The van der Waals surface area contributed by atoms with E-state index < -0.39 is 22.5 Å². The lowest BCUT2D eigenvalue weighted by atomic mass is 10.2. The molecule has 0 saturated heterocycles. The van der Waals surface area contributed by atoms with Gasteiger partial charge in [0.15, 0.2) is 5.69 Å². The first kappa shape index (κ1) is 22.4. The van der Waals surface area contributed by atoms with Gasteiger partial charge in [-0.2, -0.15) is 13.9 Å². The number of carbonyl (C=O) groups is 1. The summed E-state index contributed by atoms with van der Waals surface area (Å²) in [5.74, 6) is -0.825. The average Bonchev–Trinajstić information content (AvgIpc) is 3.13. The summed E-state index contributed by atoms with van der Waals surface area (Å²) in [6, 6.07) is 19.3. The maximum absolute atomic E-state index is 12.9. The summed E-state index contributed by atoms with van der Waals surface area (Å²) in [5.41, 5.74) is 1.81. The van der Waals surface area contributed by atoms with E-state index in [2.05, 4.69) is 14.6 Å². The van der Waals surface area contributed by atoms with Crippen molar-refractivity contribution >= 4 is 26.8 Å². The van der Waals surface area contributed by atoms with Crippen LogP contribution in [0.1, 0.15) is 21.6 Å². The highest BCUT2D eigenvalue weighted by Gasteiger charge is 2.24. The molecule has 4 aromatic rings. The summed E-state index contributed by atoms with van der Waals surface area (Å²) in [4.78, 5) is 12.9. The Morgan fingerprint density at radius 1 is 1.03 bits per heavy atom. The van der Waals surface area contributed by atoms with Crippen LogP contribution in [0.15, 0.2) is 77.7 Å². The van der Waals surface area contributed by atoms with Crippen LogP contribution in [0, 0.1) is 6.92 Å². The highest BCUT2D eigenvalue weighted by atomic mass is 32.2. The van der Waals surface area contributed by atoms with Crippen LogP contribution in [0.4, 0.5) is 8.78 Å². The second-order valence-corrected chi connectivity index (χ2v) is 8.90. The Labute approximate surface area is 188 Å². The molecule has 0 fully saturated rings. The lowest BCUT2D eigenvalue weighted by molar-refractivity contribution is -0.0498. The van der Waals surface area contributed by atoms with Gasteiger partial charge in [0.05, 0.1) is 17.0 Å². The molecule has 1 aromatic heterocycles. The summed E-state index contributed by atoms with van der Waals surface area (Å²) >= 11 is 0. The van der Waals surface area contributed by atoms with E-state index in [1.807, 2.05) is 0 Å². The van der Waals surface area contributed by atoms with Crippen molar-refractivity contribution in [3.05, 3.63) is 89.6 Å². The number of halogens is 2. The van der Waals surface area contributed by atoms with Gasteiger partial charge < -0.3 is 4.74 Å². The quantitative estimate of drug-likeness (QED) is 0.438. The first-order valence-electron chi connectivity index (χ1n) is 9.87. The number of fused-ring (bicyclic) bond motifs is 1. The number of aryl methyl sites for hydroxylation is 1. The number of benzene rings is 3. The molecule has 170 valence electrons. The highest BCUT2D eigenvalue weighted by molar-refractivity contribution is 7.90. The van der Waals surface area contributed by atoms with E-state index in [4.69, 9.17) is 0 Å². The van der Waals surface area contributed by atoms with Crippen molar-refractivity contribution in [2.45, 2.75) is 25.0 Å². The summed E-state index contributed by atoms with van der Waals surface area (Å²) in [6.45, 7) is -1.04. The molecule has 1 heterocycles. The molecule has 0 unspecified atom stereocenters. The summed E-state index contributed by atoms with van der Waals surface area (Å²) in [5, 5.41) is 4.82. The largest absolute Gasteiger partial charge is 0.435 e. The van der Waals surface area contributed by atoms with Crippen LogP contribution in [0.3, 0.4) is 0 Å². The van der Waals surface area contributed by atoms with E-state index in [0.717, 1.165) is 5.56 Å². The number of amides is 1. The fourth-order valence-electron chi connectivity index (χ4n) is 3.45. The van der Waals surface area contributed by atoms with Gasteiger partial charge in [-0.1, -0.05) is 48.5 Å². The molecule has 1 N–H and O–H groups in total. The minimum Gasteiger partial charge on any atom is -0.435 e. The van der Waals surface area contributed by atoms with Gasteiger partial charge >= 0.3 is 6.61 Å². The fourth-order valence-corrected chi connectivity index (χ4v) is 4.65. The van der Waals surface area contributed by atoms with Crippen LogP contribution in [0.5, 0.6) is 5.75 Å². The SMILES string of the molecule is Cc1ccccc1S(=O)(=O)NC(=O)c1nn(Cc2ccc(OC(F)F)cc2)c2ccccc12. The number of nitrogens with one attached hydrogen (secondary N) is 1. The predicted molar refractivity (Wildman–Crippen MR) is 118 cm³/mol. The summed E-state index contributed by atoms with van der Waals surface area (Å²) in [6.07, 6.45) is 0. The Balaban J connectivity index is 1.63. The van der Waals surface area contributed by atoms with Gasteiger partial charge in [0.2, 0.25) is 0 Å². The molecule has 0 bridgehead atoms. The Bertz CT molecular complexity index is 1420. The maximum Gasteiger partial charge on any atom is 0.387 e. The van der Waals surface area contributed by atoms with Gasteiger partial charge in [-0.3, -0.25) is 9.48 Å². The lowest BCUT2D eigenvalue weighted by Crippen LogP contribution is -2.31. The number of aromatic nitrogens is 2. The second-order valence-electron chi connectivity index (χ2n) is 7.25. The van der Waals surface area contributed by atoms with Gasteiger partial charge in [-0.05, 0) is 42.3 Å². The molecule has 0 aliphatic carbocycles. The Kier molecular flexibility index (Phi) is 6.10. The van der Waals surface area contributed by atoms with Crippen LogP contribution in [0.25, 0.3) is 10.9 Å². The van der Waals surface area contributed by atoms with Gasteiger partial charge in [-0.25, -0.2) is 13.1 Å². The van der Waals surface area contributed by atoms with Gasteiger partial charge in [0, 0.05) is 5.39 Å². The van der Waals surface area contributed by atoms with Crippen molar-refractivity contribution < 1.29 is 26.7 Å². The molecule has 3 aromatic carbocycles. The second kappa shape index (κ2) is 8.99. The molecule has 0 aliphatic heterocycles. The van der Waals surface area contributed by atoms with E-state index in [0.29, 0.717) is 16.5 Å². The molecule has 4 rings (SSSR count). The fraction of sp³-hybridized carbons (Fsp3) is 0.130. The van der Waals surface area contributed by atoms with E-state index in [1.165, 1.54) is 18.2 Å². The van der Waals surface area contributed by atoms with Crippen LogP contribution >= 0.6 is 0 Å². The van der Waals surface area contributed by atoms with Crippen molar-refractivity contribution in [1.82, 2.24) is 14.5 Å². The third-order valence-corrected chi connectivity index (χ3v) is 6.46. The third kappa shape index (κ3) is 4.85. The van der Waals surface area contributed by atoms with Gasteiger partial charge in [-0.15, -0.1) is 0 Å². The van der Waals surface area contributed by atoms with E-state index in [1.54, 1.807) is 66.2 Å². The molecule has 7 nitrogen and oxygen atoms in total. The first-order valence-corrected chi connectivity index (χ1v) is 11.3. The molecule has 0 saturated carbocycles. The topological polar surface area (TPSA) is 90.3 Å². The number of ether oxygens (including phenoxy) is 1. The Morgan fingerprint density at radius 3 is 2.39 bits per heavy atom. The van der Waals surface area contributed by atoms with Crippen molar-refractivity contribution in [2.24, 2.45) is 0 Å². The molecular formula is C23H19F2N3O4S. The number of rotatable bonds is 7. The molecule has 1 amide bonds. The Hall–Kier alpha value is -3.79. The summed E-state index contributed by atoms with van der Waals surface area (Å²) in [7, 11) is -4.10. The van der Waals surface area contributed by atoms with Crippen LogP contribution in [-0.4, -0.2) is 30.7 Å². The van der Waals surface area contributed by atoms with Crippen molar-refractivity contribution in [2.75, 3.05) is 0 Å². The van der Waals surface area contributed by atoms with E-state index >= 15 is 0 Å². The maximum atomic E-state index is 12.9. The monoisotopic (exact) mass is 471 g/mol. The van der Waals surface area contributed by atoms with E-state index in [-0.39, 0.29) is 22.9 Å². The van der Waals surface area contributed by atoms with Gasteiger partial charge in [0.1, 0.15) is 5.75 Å². The molecule has 0 aliphatic rings. The third-order valence-electron chi connectivity index (χ3n) is 4.96. The number of alkyl halides is 2. The predicted octanol–water partition coefficient (Wildman–Crippen LogP) is 4.11. The van der Waals surface area contributed by atoms with Crippen LogP contribution in [0.2, 0.25) is 0 Å². The number of para-hydroxylation sites is 1. The standard InChI is InChI=1S/C23H19F2N3O4S/c1-15-6-2-5-9-20(15)33(30,31)27-22(29)21-18-7-3-4-8-19(18)28(26-21)14-16-10-12-17(13-11-16)32-23(24)25/h2-13,23H,14H2,1H3,(H,27,29). The van der Waals surface area contributed by atoms with Crippen molar-refractivity contribution in [3.8, 4) is 5.75 Å². The van der Waals surface area contributed by atoms with E-state index in [9.17, 15) is 22.0 Å². The average molecular weight is 471 g/mol. The smallest absolute Gasteiger partial charge is 0.387 e. The van der Waals surface area contributed by atoms with Crippen LogP contribution in [-0.2, 0) is 16.6 Å². The molecule has 0 atom stereocenters. The zero-order valence-electron chi connectivity index (χ0n) is 17.4. The van der Waals surface area contributed by atoms with Gasteiger partial charge in [0.25, 0.3) is 15.9 Å². The normalized spacial score (nSPS) is 11.6. The highest BCUT2D eigenvalue weighted by Crippen LogP contribution is 2.22.